The van der Waals surface area contributed by atoms with Crippen LogP contribution in [0, 0.1) is 6.92 Å². The van der Waals surface area contributed by atoms with E-state index < -0.39 is 10.0 Å². The molecule has 1 aromatic rings. The molecular formula is C11H21N5O2S. The summed E-state index contributed by atoms with van der Waals surface area (Å²) in [7, 11) is -3.05. The van der Waals surface area contributed by atoms with Gasteiger partial charge in [-0.3, -0.25) is 5.10 Å². The van der Waals surface area contributed by atoms with Crippen LogP contribution in [0.5, 0.6) is 0 Å². The minimum Gasteiger partial charge on any atom is -0.305 e. The third-order valence-electron chi connectivity index (χ3n) is 3.41. The molecule has 1 unspecified atom stereocenters. The van der Waals surface area contributed by atoms with Gasteiger partial charge in [-0.15, -0.1) is 0 Å². The number of rotatable bonds is 4. The largest absolute Gasteiger partial charge is 0.305 e. The molecule has 0 bridgehead atoms. The molecule has 1 aromatic heterocycles. The van der Waals surface area contributed by atoms with Crippen molar-refractivity contribution < 1.29 is 8.42 Å². The zero-order valence-electron chi connectivity index (χ0n) is 11.5. The molecule has 1 fully saturated rings. The lowest BCUT2D eigenvalue weighted by atomic mass is 10.1. The van der Waals surface area contributed by atoms with Crippen molar-refractivity contribution in [2.24, 2.45) is 0 Å². The molecule has 0 amide bonds. The van der Waals surface area contributed by atoms with E-state index in [0.29, 0.717) is 19.1 Å². The highest BCUT2D eigenvalue weighted by molar-refractivity contribution is 7.88. The molecule has 108 valence electrons. The molecule has 8 heteroatoms. The molecule has 0 spiro atoms. The summed E-state index contributed by atoms with van der Waals surface area (Å²) in [5, 5.41) is 10.4. The van der Waals surface area contributed by atoms with Gasteiger partial charge >= 0.3 is 0 Å². The smallest absolute Gasteiger partial charge is 0.211 e. The topological polar surface area (TPSA) is 91.0 Å². The van der Waals surface area contributed by atoms with E-state index >= 15 is 0 Å². The van der Waals surface area contributed by atoms with Crippen molar-refractivity contribution in [3.63, 3.8) is 0 Å². The second-order valence-electron chi connectivity index (χ2n) is 5.10. The quantitative estimate of drug-likeness (QED) is 0.825. The molecule has 1 aliphatic rings. The van der Waals surface area contributed by atoms with Gasteiger partial charge in [-0.2, -0.15) is 5.10 Å². The van der Waals surface area contributed by atoms with Gasteiger partial charge in [0.05, 0.1) is 12.3 Å². The fraction of sp³-hybridized carbons (Fsp3) is 0.818. The van der Waals surface area contributed by atoms with Crippen LogP contribution in [0.1, 0.15) is 37.5 Å². The van der Waals surface area contributed by atoms with Crippen LogP contribution in [-0.4, -0.2) is 53.3 Å². The molecule has 0 aromatic carbocycles. The summed E-state index contributed by atoms with van der Waals surface area (Å²) in [6.07, 6.45) is 2.90. The Hall–Kier alpha value is -0.990. The van der Waals surface area contributed by atoms with Crippen LogP contribution in [0.2, 0.25) is 0 Å². The monoisotopic (exact) mass is 287 g/mol. The molecule has 7 nitrogen and oxygen atoms in total. The summed E-state index contributed by atoms with van der Waals surface area (Å²) in [6, 6.07) is 0.381. The standard InChI is InChI=1S/C11H21N5O2S/c1-8(11-13-9(2)14-15-11)12-10-4-6-16(7-5-10)19(3,17)18/h8,10,12H,4-7H2,1-3H3,(H,13,14,15). The summed E-state index contributed by atoms with van der Waals surface area (Å²) in [4.78, 5) is 4.29. The van der Waals surface area contributed by atoms with Crippen LogP contribution in [0.25, 0.3) is 0 Å². The number of piperidine rings is 1. The predicted molar refractivity (Wildman–Crippen MR) is 72.1 cm³/mol. The molecule has 2 N–H and O–H groups in total. The minimum atomic E-state index is -3.05. The maximum absolute atomic E-state index is 11.4. The molecule has 0 radical (unpaired) electrons. The van der Waals surface area contributed by atoms with Gasteiger partial charge in [-0.25, -0.2) is 17.7 Å². The molecular weight excluding hydrogens is 266 g/mol. The lowest BCUT2D eigenvalue weighted by Crippen LogP contribution is -2.45. The first kappa shape index (κ1) is 14.4. The van der Waals surface area contributed by atoms with Gasteiger partial charge < -0.3 is 5.32 Å². The lowest BCUT2D eigenvalue weighted by Gasteiger charge is -2.31. The second kappa shape index (κ2) is 5.56. The lowest BCUT2D eigenvalue weighted by molar-refractivity contribution is 0.276. The molecule has 1 saturated heterocycles. The highest BCUT2D eigenvalue weighted by Crippen LogP contribution is 2.16. The van der Waals surface area contributed by atoms with E-state index in [4.69, 9.17) is 0 Å². The third kappa shape index (κ3) is 3.74. The summed E-state index contributed by atoms with van der Waals surface area (Å²) in [6.45, 7) is 5.05. The number of nitrogens with zero attached hydrogens (tertiary/aromatic N) is 3. The Morgan fingerprint density at radius 1 is 1.42 bits per heavy atom. The van der Waals surface area contributed by atoms with E-state index in [0.717, 1.165) is 24.5 Å². The van der Waals surface area contributed by atoms with Gasteiger partial charge in [0.2, 0.25) is 10.0 Å². The zero-order chi connectivity index (χ0) is 14.0. The van der Waals surface area contributed by atoms with Gasteiger partial charge in [0, 0.05) is 19.1 Å². The highest BCUT2D eigenvalue weighted by Gasteiger charge is 2.26. The zero-order valence-corrected chi connectivity index (χ0v) is 12.4. The Bertz CT molecular complexity index is 519. The van der Waals surface area contributed by atoms with Gasteiger partial charge in [0.25, 0.3) is 0 Å². The summed E-state index contributed by atoms with van der Waals surface area (Å²) >= 11 is 0. The van der Waals surface area contributed by atoms with Gasteiger partial charge in [-0.05, 0) is 26.7 Å². The van der Waals surface area contributed by atoms with Crippen LogP contribution in [-0.2, 0) is 10.0 Å². The average Bonchev–Trinajstić information content (AvgIpc) is 2.75. The first-order valence-electron chi connectivity index (χ1n) is 6.46. The Kier molecular flexibility index (Phi) is 4.22. The number of sulfonamides is 1. The number of hydrogen-bond acceptors (Lipinski definition) is 5. The fourth-order valence-electron chi connectivity index (χ4n) is 2.34. The summed E-state index contributed by atoms with van der Waals surface area (Å²) in [5.74, 6) is 1.55. The number of aryl methyl sites for hydroxylation is 1. The number of aromatic nitrogens is 3. The van der Waals surface area contributed by atoms with Gasteiger partial charge in [-0.1, -0.05) is 0 Å². The summed E-state index contributed by atoms with van der Waals surface area (Å²) in [5.41, 5.74) is 0. The van der Waals surface area contributed by atoms with E-state index in [1.165, 1.54) is 10.6 Å². The number of aromatic amines is 1. The normalized spacial score (nSPS) is 20.6. The van der Waals surface area contributed by atoms with E-state index in [9.17, 15) is 8.42 Å². The Morgan fingerprint density at radius 2 is 2.05 bits per heavy atom. The van der Waals surface area contributed by atoms with E-state index in [1.54, 1.807) is 0 Å². The average molecular weight is 287 g/mol. The number of hydrogen-bond donors (Lipinski definition) is 2. The van der Waals surface area contributed by atoms with Crippen LogP contribution < -0.4 is 5.32 Å². The Morgan fingerprint density at radius 3 is 2.53 bits per heavy atom. The number of nitrogens with one attached hydrogen (secondary N) is 2. The third-order valence-corrected chi connectivity index (χ3v) is 4.71. The fourth-order valence-corrected chi connectivity index (χ4v) is 3.21. The van der Waals surface area contributed by atoms with E-state index in [-0.39, 0.29) is 6.04 Å². The molecule has 2 heterocycles. The van der Waals surface area contributed by atoms with Crippen molar-refractivity contribution in [1.82, 2.24) is 24.8 Å². The van der Waals surface area contributed by atoms with Crippen molar-refractivity contribution in [2.45, 2.75) is 38.8 Å². The molecule has 19 heavy (non-hydrogen) atoms. The van der Waals surface area contributed by atoms with Crippen LogP contribution in [0.4, 0.5) is 0 Å². The van der Waals surface area contributed by atoms with Crippen molar-refractivity contribution in [3.05, 3.63) is 11.6 Å². The van der Waals surface area contributed by atoms with Gasteiger partial charge in [0.15, 0.2) is 5.82 Å². The molecule has 0 saturated carbocycles. The van der Waals surface area contributed by atoms with Gasteiger partial charge in [0.1, 0.15) is 5.82 Å². The SMILES string of the molecule is Cc1nc(C(C)NC2CCN(S(C)(=O)=O)CC2)n[nH]1. The van der Waals surface area contributed by atoms with Crippen molar-refractivity contribution >= 4 is 10.0 Å². The van der Waals surface area contributed by atoms with Crippen LogP contribution >= 0.6 is 0 Å². The Balaban J connectivity index is 1.86. The second-order valence-corrected chi connectivity index (χ2v) is 7.09. The predicted octanol–water partition coefficient (Wildman–Crippen LogP) is 0.188. The van der Waals surface area contributed by atoms with E-state index in [2.05, 4.69) is 20.5 Å². The maximum Gasteiger partial charge on any atom is 0.211 e. The van der Waals surface area contributed by atoms with Crippen molar-refractivity contribution in [1.29, 1.82) is 0 Å². The molecule has 1 aliphatic heterocycles. The minimum absolute atomic E-state index is 0.0692. The first-order chi connectivity index (χ1) is 8.86. The van der Waals surface area contributed by atoms with E-state index in [1.807, 2.05) is 13.8 Å². The maximum atomic E-state index is 11.4. The van der Waals surface area contributed by atoms with Crippen molar-refractivity contribution in [3.8, 4) is 0 Å². The molecule has 1 atom stereocenters. The Labute approximate surface area is 113 Å². The molecule has 2 rings (SSSR count). The molecule has 0 aliphatic carbocycles. The van der Waals surface area contributed by atoms with Crippen LogP contribution in [0.15, 0.2) is 0 Å². The van der Waals surface area contributed by atoms with Crippen molar-refractivity contribution in [2.75, 3.05) is 19.3 Å². The summed E-state index contributed by atoms with van der Waals surface area (Å²) < 4.78 is 24.4. The number of H-pyrrole nitrogens is 1. The van der Waals surface area contributed by atoms with Crippen LogP contribution in [0.3, 0.4) is 0 Å². The highest BCUT2D eigenvalue weighted by atomic mass is 32.2. The first-order valence-corrected chi connectivity index (χ1v) is 8.31.